The average Bonchev–Trinajstić information content (AvgIpc) is 2.87. The Balaban J connectivity index is 1.88. The van der Waals surface area contributed by atoms with Gasteiger partial charge in [0.05, 0.1) is 5.92 Å². The first-order valence-corrected chi connectivity index (χ1v) is 5.63. The van der Waals surface area contributed by atoms with Gasteiger partial charge in [0.15, 0.2) is 0 Å². The van der Waals surface area contributed by atoms with Crippen molar-refractivity contribution in [1.29, 1.82) is 0 Å². The molecule has 0 aliphatic heterocycles. The fourth-order valence-electron chi connectivity index (χ4n) is 3.19. The highest BCUT2D eigenvalue weighted by Gasteiger charge is 2.49. The zero-order valence-corrected chi connectivity index (χ0v) is 8.94. The quantitative estimate of drug-likeness (QED) is 0.823. The third-order valence-corrected chi connectivity index (χ3v) is 3.96. The Morgan fingerprint density at radius 1 is 1.24 bits per heavy atom. The van der Waals surface area contributed by atoms with Crippen LogP contribution < -0.4 is 5.73 Å². The fraction of sp³-hybridized carbons (Fsp3) is 0.800. The lowest BCUT2D eigenvalue weighted by molar-refractivity contribution is -0.146. The van der Waals surface area contributed by atoms with Crippen LogP contribution in [0, 0.1) is 11.8 Å². The molecule has 4 nitrogen and oxygen atoms in total. The van der Waals surface area contributed by atoms with Gasteiger partial charge in [-0.3, -0.25) is 0 Å². The molecule has 1 aromatic heterocycles. The zero-order chi connectivity index (χ0) is 12.2. The van der Waals surface area contributed by atoms with Crippen molar-refractivity contribution in [3.8, 4) is 0 Å². The van der Waals surface area contributed by atoms with Crippen LogP contribution in [0.2, 0.25) is 0 Å². The SMILES string of the molecule is NC1C2CCC(C2)C1c1nc(C(F)(F)F)no1. The van der Waals surface area contributed by atoms with Crippen LogP contribution in [-0.2, 0) is 6.18 Å². The van der Waals surface area contributed by atoms with Gasteiger partial charge in [0, 0.05) is 6.04 Å². The van der Waals surface area contributed by atoms with Gasteiger partial charge >= 0.3 is 6.18 Å². The van der Waals surface area contributed by atoms with Crippen molar-refractivity contribution in [3.63, 3.8) is 0 Å². The summed E-state index contributed by atoms with van der Waals surface area (Å²) in [5.41, 5.74) is 6.01. The predicted octanol–water partition coefficient (Wildman–Crippen LogP) is 1.93. The van der Waals surface area contributed by atoms with Crippen molar-refractivity contribution in [2.75, 3.05) is 0 Å². The van der Waals surface area contributed by atoms with E-state index in [2.05, 4.69) is 10.1 Å². The van der Waals surface area contributed by atoms with Gasteiger partial charge in [-0.2, -0.15) is 18.2 Å². The first-order chi connectivity index (χ1) is 7.97. The molecule has 7 heteroatoms. The molecule has 0 saturated heterocycles. The molecule has 0 amide bonds. The lowest BCUT2D eigenvalue weighted by Crippen LogP contribution is -2.34. The van der Waals surface area contributed by atoms with Crippen LogP contribution >= 0.6 is 0 Å². The van der Waals surface area contributed by atoms with Gasteiger partial charge in [0.2, 0.25) is 5.89 Å². The summed E-state index contributed by atoms with van der Waals surface area (Å²) in [7, 11) is 0. The monoisotopic (exact) mass is 247 g/mol. The van der Waals surface area contributed by atoms with Crippen molar-refractivity contribution in [2.24, 2.45) is 17.6 Å². The number of hydrogen-bond acceptors (Lipinski definition) is 4. The smallest absolute Gasteiger partial charge is 0.339 e. The molecule has 2 N–H and O–H groups in total. The molecule has 94 valence electrons. The molecule has 0 spiro atoms. The third kappa shape index (κ3) is 1.64. The maximum atomic E-state index is 12.4. The summed E-state index contributed by atoms with van der Waals surface area (Å²) in [6, 6.07) is -0.143. The summed E-state index contributed by atoms with van der Waals surface area (Å²) in [4.78, 5) is 3.45. The topological polar surface area (TPSA) is 64.9 Å². The molecule has 3 rings (SSSR count). The number of rotatable bonds is 1. The highest BCUT2D eigenvalue weighted by molar-refractivity contribution is 5.12. The molecule has 0 aromatic carbocycles. The molecule has 2 aliphatic carbocycles. The lowest BCUT2D eigenvalue weighted by Gasteiger charge is -2.24. The van der Waals surface area contributed by atoms with Gasteiger partial charge in [0.1, 0.15) is 0 Å². The number of nitrogens with two attached hydrogens (primary N) is 1. The van der Waals surface area contributed by atoms with Gasteiger partial charge < -0.3 is 10.3 Å². The summed E-state index contributed by atoms with van der Waals surface area (Å²) in [5, 5.41) is 2.98. The molecule has 17 heavy (non-hydrogen) atoms. The van der Waals surface area contributed by atoms with E-state index in [0.29, 0.717) is 11.8 Å². The normalized spacial score (nSPS) is 36.7. The predicted molar refractivity (Wildman–Crippen MR) is 50.8 cm³/mol. The second kappa shape index (κ2) is 3.44. The number of hydrogen-bond donors (Lipinski definition) is 1. The largest absolute Gasteiger partial charge is 0.455 e. The lowest BCUT2D eigenvalue weighted by atomic mass is 9.85. The van der Waals surface area contributed by atoms with Crippen molar-refractivity contribution in [1.82, 2.24) is 10.1 Å². The number of aromatic nitrogens is 2. The van der Waals surface area contributed by atoms with E-state index in [4.69, 9.17) is 10.3 Å². The molecule has 4 unspecified atom stereocenters. The van der Waals surface area contributed by atoms with E-state index in [1.807, 2.05) is 0 Å². The van der Waals surface area contributed by atoms with Gasteiger partial charge in [-0.15, -0.1) is 0 Å². The molecule has 1 aromatic rings. The Morgan fingerprint density at radius 3 is 2.47 bits per heavy atom. The summed E-state index contributed by atoms with van der Waals surface area (Å²) >= 11 is 0. The maximum absolute atomic E-state index is 12.4. The van der Waals surface area contributed by atoms with Gasteiger partial charge in [-0.1, -0.05) is 5.16 Å². The highest BCUT2D eigenvalue weighted by atomic mass is 19.4. The van der Waals surface area contributed by atoms with Crippen LogP contribution in [0.4, 0.5) is 13.2 Å². The van der Waals surface area contributed by atoms with Crippen LogP contribution in [0.1, 0.15) is 36.9 Å². The van der Waals surface area contributed by atoms with Crippen LogP contribution in [-0.4, -0.2) is 16.2 Å². The van der Waals surface area contributed by atoms with E-state index in [-0.39, 0.29) is 17.9 Å². The van der Waals surface area contributed by atoms with E-state index in [1.165, 1.54) is 0 Å². The average molecular weight is 247 g/mol. The van der Waals surface area contributed by atoms with E-state index >= 15 is 0 Å². The Bertz CT molecular complexity index is 429. The van der Waals surface area contributed by atoms with E-state index in [0.717, 1.165) is 19.3 Å². The number of alkyl halides is 3. The standard InChI is InChI=1S/C10H12F3N3O/c11-10(12,13)9-15-8(17-16-9)6-4-1-2-5(3-4)7(6)14/h4-7H,1-3,14H2. The Labute approximate surface area is 95.4 Å². The molecule has 2 fully saturated rings. The molecule has 2 saturated carbocycles. The van der Waals surface area contributed by atoms with Gasteiger partial charge in [-0.05, 0) is 31.1 Å². The molecule has 2 bridgehead atoms. The minimum Gasteiger partial charge on any atom is -0.339 e. The Morgan fingerprint density at radius 2 is 1.94 bits per heavy atom. The molecule has 2 aliphatic rings. The molecular formula is C10H12F3N3O. The van der Waals surface area contributed by atoms with Crippen molar-refractivity contribution in [3.05, 3.63) is 11.7 Å². The summed E-state index contributed by atoms with van der Waals surface area (Å²) in [6.45, 7) is 0. The molecule has 0 radical (unpaired) electrons. The highest BCUT2D eigenvalue weighted by Crippen LogP contribution is 2.51. The van der Waals surface area contributed by atoms with Crippen LogP contribution in [0.5, 0.6) is 0 Å². The minimum atomic E-state index is -4.55. The molecular weight excluding hydrogens is 235 g/mol. The van der Waals surface area contributed by atoms with E-state index in [1.54, 1.807) is 0 Å². The van der Waals surface area contributed by atoms with E-state index in [9.17, 15) is 13.2 Å². The van der Waals surface area contributed by atoms with Crippen molar-refractivity contribution >= 4 is 0 Å². The third-order valence-electron chi connectivity index (χ3n) is 3.96. The number of nitrogens with zero attached hydrogens (tertiary/aromatic N) is 2. The molecule has 1 heterocycles. The summed E-state index contributed by atoms with van der Waals surface area (Å²) in [5.74, 6) is -0.653. The summed E-state index contributed by atoms with van der Waals surface area (Å²) in [6.07, 6.45) is -1.53. The van der Waals surface area contributed by atoms with E-state index < -0.39 is 12.0 Å². The van der Waals surface area contributed by atoms with Crippen molar-refractivity contribution < 1.29 is 17.7 Å². The van der Waals surface area contributed by atoms with Gasteiger partial charge in [0.25, 0.3) is 5.82 Å². The zero-order valence-electron chi connectivity index (χ0n) is 8.94. The maximum Gasteiger partial charge on any atom is 0.455 e. The Kier molecular flexibility index (Phi) is 2.23. The fourth-order valence-corrected chi connectivity index (χ4v) is 3.19. The van der Waals surface area contributed by atoms with Crippen LogP contribution in [0.3, 0.4) is 0 Å². The van der Waals surface area contributed by atoms with Crippen LogP contribution in [0.15, 0.2) is 4.52 Å². The van der Waals surface area contributed by atoms with Gasteiger partial charge in [-0.25, -0.2) is 0 Å². The number of fused-ring (bicyclic) bond motifs is 2. The first kappa shape index (κ1) is 11.0. The van der Waals surface area contributed by atoms with Crippen molar-refractivity contribution in [2.45, 2.75) is 37.4 Å². The van der Waals surface area contributed by atoms with Crippen LogP contribution in [0.25, 0.3) is 0 Å². The summed E-state index contributed by atoms with van der Waals surface area (Å²) < 4.78 is 41.8. The second-order valence-corrected chi connectivity index (χ2v) is 4.89. The second-order valence-electron chi connectivity index (χ2n) is 4.89. The first-order valence-electron chi connectivity index (χ1n) is 5.63. The number of halogens is 3. The molecule has 4 atom stereocenters. The Hall–Kier alpha value is -1.11. The minimum absolute atomic E-state index is 0.0528.